The van der Waals surface area contributed by atoms with Crippen molar-refractivity contribution in [3.8, 4) is 5.75 Å². The van der Waals surface area contributed by atoms with Crippen LogP contribution in [-0.2, 0) is 17.6 Å². The summed E-state index contributed by atoms with van der Waals surface area (Å²) in [6, 6.07) is 13.5. The summed E-state index contributed by atoms with van der Waals surface area (Å²) < 4.78 is 5.27. The predicted octanol–water partition coefficient (Wildman–Crippen LogP) is 4.40. The van der Waals surface area contributed by atoms with E-state index in [0.29, 0.717) is 23.6 Å². The topological polar surface area (TPSA) is 26.3 Å². The van der Waals surface area contributed by atoms with Crippen LogP contribution in [0.15, 0.2) is 42.5 Å². The number of hydrogen-bond acceptors (Lipinski definition) is 2. The lowest BCUT2D eigenvalue weighted by Crippen LogP contribution is -2.06. The van der Waals surface area contributed by atoms with Gasteiger partial charge in [0.1, 0.15) is 11.5 Å². The largest absolute Gasteiger partial charge is 0.496 e. The number of rotatable bonds is 6. The van der Waals surface area contributed by atoms with Crippen molar-refractivity contribution in [1.29, 1.82) is 0 Å². The summed E-state index contributed by atoms with van der Waals surface area (Å²) in [7, 11) is 1.60. The third-order valence-corrected chi connectivity index (χ3v) is 3.80. The van der Waals surface area contributed by atoms with Crippen LogP contribution in [0.25, 0.3) is 0 Å². The number of halogens is 1. The maximum absolute atomic E-state index is 12.2. The highest BCUT2D eigenvalue weighted by Gasteiger charge is 2.10. The van der Waals surface area contributed by atoms with Crippen LogP contribution in [0.4, 0.5) is 0 Å². The maximum Gasteiger partial charge on any atom is 0.137 e. The SMILES string of the molecule is COc1ccc(Cl)cc1CC(=O)CCc1ccccc1C. The number of aryl methyl sites for hydroxylation is 2. The molecule has 0 aromatic heterocycles. The fourth-order valence-corrected chi connectivity index (χ4v) is 2.55. The minimum Gasteiger partial charge on any atom is -0.496 e. The van der Waals surface area contributed by atoms with Gasteiger partial charge in [-0.3, -0.25) is 4.79 Å². The van der Waals surface area contributed by atoms with E-state index in [1.807, 2.05) is 12.1 Å². The Labute approximate surface area is 130 Å². The second kappa shape index (κ2) is 7.28. The first-order chi connectivity index (χ1) is 10.1. The molecule has 110 valence electrons. The summed E-state index contributed by atoms with van der Waals surface area (Å²) in [6.07, 6.45) is 1.66. The van der Waals surface area contributed by atoms with Crippen molar-refractivity contribution in [1.82, 2.24) is 0 Å². The van der Waals surface area contributed by atoms with Crippen LogP contribution >= 0.6 is 11.6 Å². The van der Waals surface area contributed by atoms with Crippen LogP contribution < -0.4 is 4.74 Å². The Hall–Kier alpha value is -1.80. The van der Waals surface area contributed by atoms with Crippen molar-refractivity contribution in [2.45, 2.75) is 26.2 Å². The molecule has 0 aliphatic rings. The van der Waals surface area contributed by atoms with Crippen LogP contribution in [0.1, 0.15) is 23.1 Å². The molecule has 0 heterocycles. The Morgan fingerprint density at radius 2 is 1.90 bits per heavy atom. The molecule has 0 fully saturated rings. The Balaban J connectivity index is 1.99. The fourth-order valence-electron chi connectivity index (χ4n) is 2.35. The normalized spacial score (nSPS) is 10.4. The van der Waals surface area contributed by atoms with E-state index >= 15 is 0 Å². The highest BCUT2D eigenvalue weighted by atomic mass is 35.5. The van der Waals surface area contributed by atoms with Gasteiger partial charge in [0.05, 0.1) is 7.11 Å². The van der Waals surface area contributed by atoms with Gasteiger partial charge in [-0.25, -0.2) is 0 Å². The Bertz CT molecular complexity index is 635. The zero-order valence-electron chi connectivity index (χ0n) is 12.4. The fraction of sp³-hybridized carbons (Fsp3) is 0.278. The average Bonchev–Trinajstić information content (AvgIpc) is 2.47. The van der Waals surface area contributed by atoms with Crippen molar-refractivity contribution in [2.75, 3.05) is 7.11 Å². The predicted molar refractivity (Wildman–Crippen MR) is 86.2 cm³/mol. The van der Waals surface area contributed by atoms with Gasteiger partial charge < -0.3 is 4.74 Å². The summed E-state index contributed by atoms with van der Waals surface area (Å²) in [5.74, 6) is 0.905. The zero-order chi connectivity index (χ0) is 15.2. The quantitative estimate of drug-likeness (QED) is 0.790. The minimum absolute atomic E-state index is 0.193. The third-order valence-electron chi connectivity index (χ3n) is 3.56. The Kier molecular flexibility index (Phi) is 5.40. The molecule has 0 saturated carbocycles. The van der Waals surface area contributed by atoms with Gasteiger partial charge in [-0.05, 0) is 42.7 Å². The number of carbonyl (C=O) groups is 1. The maximum atomic E-state index is 12.2. The van der Waals surface area contributed by atoms with E-state index in [1.165, 1.54) is 11.1 Å². The molecule has 2 rings (SSSR count). The van der Waals surface area contributed by atoms with Crippen LogP contribution in [0.2, 0.25) is 5.02 Å². The van der Waals surface area contributed by atoms with Gasteiger partial charge >= 0.3 is 0 Å². The molecular formula is C18H19ClO2. The van der Waals surface area contributed by atoms with Crippen LogP contribution in [0.3, 0.4) is 0 Å². The lowest BCUT2D eigenvalue weighted by Gasteiger charge is -2.09. The first-order valence-corrected chi connectivity index (χ1v) is 7.36. The van der Waals surface area contributed by atoms with Gasteiger partial charge in [0.25, 0.3) is 0 Å². The van der Waals surface area contributed by atoms with Gasteiger partial charge in [0.2, 0.25) is 0 Å². The molecule has 0 unspecified atom stereocenters. The number of ether oxygens (including phenoxy) is 1. The Morgan fingerprint density at radius 1 is 1.14 bits per heavy atom. The smallest absolute Gasteiger partial charge is 0.137 e. The molecule has 0 saturated heterocycles. The molecule has 0 amide bonds. The van der Waals surface area contributed by atoms with E-state index in [4.69, 9.17) is 16.3 Å². The highest BCUT2D eigenvalue weighted by molar-refractivity contribution is 6.30. The molecule has 2 nitrogen and oxygen atoms in total. The van der Waals surface area contributed by atoms with Crippen LogP contribution in [-0.4, -0.2) is 12.9 Å². The van der Waals surface area contributed by atoms with Crippen molar-refractivity contribution < 1.29 is 9.53 Å². The number of hydrogen-bond donors (Lipinski definition) is 0. The second-order valence-corrected chi connectivity index (χ2v) is 5.53. The van der Waals surface area contributed by atoms with E-state index in [1.54, 1.807) is 25.3 Å². The Morgan fingerprint density at radius 3 is 2.62 bits per heavy atom. The first-order valence-electron chi connectivity index (χ1n) is 6.99. The van der Waals surface area contributed by atoms with Gasteiger partial charge in [0, 0.05) is 23.4 Å². The molecular weight excluding hydrogens is 284 g/mol. The van der Waals surface area contributed by atoms with E-state index in [0.717, 1.165) is 12.0 Å². The van der Waals surface area contributed by atoms with Crippen molar-refractivity contribution >= 4 is 17.4 Å². The van der Waals surface area contributed by atoms with E-state index in [-0.39, 0.29) is 5.78 Å². The zero-order valence-corrected chi connectivity index (χ0v) is 13.1. The summed E-state index contributed by atoms with van der Waals surface area (Å²) in [5.41, 5.74) is 3.30. The van der Waals surface area contributed by atoms with Gasteiger partial charge in [-0.2, -0.15) is 0 Å². The summed E-state index contributed by atoms with van der Waals surface area (Å²) in [4.78, 5) is 12.2. The summed E-state index contributed by atoms with van der Waals surface area (Å²) in [6.45, 7) is 2.07. The molecule has 0 aliphatic carbocycles. The summed E-state index contributed by atoms with van der Waals surface area (Å²) >= 11 is 5.98. The lowest BCUT2D eigenvalue weighted by atomic mass is 9.99. The van der Waals surface area contributed by atoms with Crippen LogP contribution in [0, 0.1) is 6.92 Å². The van der Waals surface area contributed by atoms with Crippen molar-refractivity contribution in [3.05, 3.63) is 64.2 Å². The molecule has 0 spiro atoms. The molecule has 0 atom stereocenters. The van der Waals surface area contributed by atoms with Crippen molar-refractivity contribution in [3.63, 3.8) is 0 Å². The molecule has 2 aromatic rings. The highest BCUT2D eigenvalue weighted by Crippen LogP contribution is 2.23. The minimum atomic E-state index is 0.193. The monoisotopic (exact) mass is 302 g/mol. The van der Waals surface area contributed by atoms with Crippen molar-refractivity contribution in [2.24, 2.45) is 0 Å². The number of benzene rings is 2. The molecule has 0 radical (unpaired) electrons. The standard InChI is InChI=1S/C18H19ClO2/c1-13-5-3-4-6-14(13)7-9-17(20)12-15-11-16(19)8-10-18(15)21-2/h3-6,8,10-11H,7,9,12H2,1-2H3. The summed E-state index contributed by atoms with van der Waals surface area (Å²) in [5, 5.41) is 0.623. The van der Waals surface area contributed by atoms with Gasteiger partial charge in [-0.15, -0.1) is 0 Å². The van der Waals surface area contributed by atoms with Gasteiger partial charge in [0.15, 0.2) is 0 Å². The molecule has 0 N–H and O–H groups in total. The van der Waals surface area contributed by atoms with Gasteiger partial charge in [-0.1, -0.05) is 35.9 Å². The van der Waals surface area contributed by atoms with E-state index in [9.17, 15) is 4.79 Å². The first kappa shape index (κ1) is 15.6. The lowest BCUT2D eigenvalue weighted by molar-refractivity contribution is -0.118. The number of carbonyl (C=O) groups excluding carboxylic acids is 1. The van der Waals surface area contributed by atoms with E-state index in [2.05, 4.69) is 19.1 Å². The molecule has 3 heteroatoms. The molecule has 0 aliphatic heterocycles. The number of Topliss-reactive ketones (excluding diaryl/α,β-unsaturated/α-hetero) is 1. The third kappa shape index (κ3) is 4.33. The van der Waals surface area contributed by atoms with Crippen LogP contribution in [0.5, 0.6) is 5.75 Å². The number of ketones is 1. The molecule has 0 bridgehead atoms. The second-order valence-electron chi connectivity index (χ2n) is 5.10. The molecule has 2 aromatic carbocycles. The molecule has 21 heavy (non-hydrogen) atoms. The van der Waals surface area contributed by atoms with E-state index < -0.39 is 0 Å². The number of methoxy groups -OCH3 is 1. The average molecular weight is 303 g/mol.